The quantitative estimate of drug-likeness (QED) is 0.355. The minimum absolute atomic E-state index is 0.458. The highest BCUT2D eigenvalue weighted by atomic mass is 28.4. The molecule has 0 spiro atoms. The molecule has 0 aliphatic carbocycles. The summed E-state index contributed by atoms with van der Waals surface area (Å²) < 4.78 is 16.3. The van der Waals surface area contributed by atoms with Crippen LogP contribution in [0.1, 0.15) is 20.3 Å². The molecule has 0 aromatic rings. The summed E-state index contributed by atoms with van der Waals surface area (Å²) in [6.45, 7) is 4.97. The van der Waals surface area contributed by atoms with E-state index in [-0.39, 0.29) is 0 Å². The van der Waals surface area contributed by atoms with Crippen molar-refractivity contribution in [3.05, 3.63) is 12.3 Å². The Hall–Kier alpha value is -0.403. The lowest BCUT2D eigenvalue weighted by molar-refractivity contribution is 0.117. The lowest BCUT2D eigenvalue weighted by Gasteiger charge is -2.28. The zero-order valence-electron chi connectivity index (χ0n) is 11.6. The first-order valence-electron chi connectivity index (χ1n) is 5.93. The third-order valence-electron chi connectivity index (χ3n) is 2.79. The van der Waals surface area contributed by atoms with E-state index < -0.39 is 8.80 Å². The largest absolute Gasteiger partial charge is 0.500 e. The minimum Gasteiger partial charge on any atom is -0.377 e. The standard InChI is InChI=1S/C11H26N2O3Si/c1-6-8-12-13-9-11(7-2)10-17(14-3,15-4)16-5/h6,8,11-13H,7,9-10H2,1-5H3. The fraction of sp³-hybridized carbons (Fsp3) is 0.818. The van der Waals surface area contributed by atoms with Crippen molar-refractivity contribution in [2.75, 3.05) is 27.9 Å². The number of hydrogen-bond acceptors (Lipinski definition) is 5. The fourth-order valence-electron chi connectivity index (χ4n) is 1.56. The highest BCUT2D eigenvalue weighted by molar-refractivity contribution is 6.60. The number of rotatable bonds is 10. The van der Waals surface area contributed by atoms with E-state index in [2.05, 4.69) is 17.8 Å². The first-order chi connectivity index (χ1) is 8.17. The molecule has 0 saturated carbocycles. The van der Waals surface area contributed by atoms with Crippen LogP contribution in [0.25, 0.3) is 0 Å². The van der Waals surface area contributed by atoms with Crippen LogP contribution < -0.4 is 10.9 Å². The summed E-state index contributed by atoms with van der Waals surface area (Å²) in [6.07, 6.45) is 4.85. The van der Waals surface area contributed by atoms with Crippen LogP contribution in [0.5, 0.6) is 0 Å². The van der Waals surface area contributed by atoms with Crippen molar-refractivity contribution in [1.29, 1.82) is 0 Å². The molecule has 0 saturated heterocycles. The minimum atomic E-state index is -2.46. The van der Waals surface area contributed by atoms with Gasteiger partial charge >= 0.3 is 8.80 Å². The monoisotopic (exact) mass is 262 g/mol. The summed E-state index contributed by atoms with van der Waals surface area (Å²) in [5, 5.41) is 0. The van der Waals surface area contributed by atoms with E-state index in [0.29, 0.717) is 5.92 Å². The van der Waals surface area contributed by atoms with Crippen molar-refractivity contribution in [1.82, 2.24) is 10.9 Å². The first-order valence-corrected chi connectivity index (χ1v) is 7.86. The van der Waals surface area contributed by atoms with Crippen LogP contribution >= 0.6 is 0 Å². The smallest absolute Gasteiger partial charge is 0.377 e. The zero-order chi connectivity index (χ0) is 13.1. The van der Waals surface area contributed by atoms with Crippen LogP contribution in [0.3, 0.4) is 0 Å². The van der Waals surface area contributed by atoms with Crippen LogP contribution in [-0.2, 0) is 13.3 Å². The highest BCUT2D eigenvalue weighted by Gasteiger charge is 2.39. The molecule has 0 bridgehead atoms. The van der Waals surface area contributed by atoms with Gasteiger partial charge in [-0.25, -0.2) is 5.43 Å². The predicted molar refractivity (Wildman–Crippen MR) is 71.3 cm³/mol. The maximum absolute atomic E-state index is 5.43. The van der Waals surface area contributed by atoms with E-state index in [1.54, 1.807) is 21.3 Å². The maximum Gasteiger partial charge on any atom is 0.500 e. The van der Waals surface area contributed by atoms with E-state index in [1.807, 2.05) is 19.2 Å². The number of nitrogens with one attached hydrogen (secondary N) is 2. The molecule has 1 atom stereocenters. The number of hydrazine groups is 1. The van der Waals surface area contributed by atoms with Crippen molar-refractivity contribution in [2.45, 2.75) is 26.3 Å². The molecule has 1 unspecified atom stereocenters. The van der Waals surface area contributed by atoms with E-state index in [9.17, 15) is 0 Å². The van der Waals surface area contributed by atoms with Gasteiger partial charge in [0.2, 0.25) is 0 Å². The van der Waals surface area contributed by atoms with Crippen molar-refractivity contribution in [3.63, 3.8) is 0 Å². The molecule has 0 aliphatic heterocycles. The second-order valence-electron chi connectivity index (χ2n) is 3.80. The summed E-state index contributed by atoms with van der Waals surface area (Å²) >= 11 is 0. The summed E-state index contributed by atoms with van der Waals surface area (Å²) in [5.41, 5.74) is 6.15. The van der Waals surface area contributed by atoms with Crippen molar-refractivity contribution in [3.8, 4) is 0 Å². The Morgan fingerprint density at radius 1 is 1.18 bits per heavy atom. The highest BCUT2D eigenvalue weighted by Crippen LogP contribution is 2.21. The van der Waals surface area contributed by atoms with Crippen molar-refractivity contribution in [2.24, 2.45) is 5.92 Å². The molecule has 17 heavy (non-hydrogen) atoms. The van der Waals surface area contributed by atoms with Gasteiger partial charge in [-0.2, -0.15) is 0 Å². The van der Waals surface area contributed by atoms with Gasteiger partial charge in [-0.3, -0.25) is 0 Å². The average Bonchev–Trinajstić information content (AvgIpc) is 2.39. The van der Waals surface area contributed by atoms with Gasteiger partial charge in [0.1, 0.15) is 0 Å². The van der Waals surface area contributed by atoms with E-state index >= 15 is 0 Å². The van der Waals surface area contributed by atoms with Crippen LogP contribution in [0, 0.1) is 5.92 Å². The van der Waals surface area contributed by atoms with Crippen LogP contribution in [0.4, 0.5) is 0 Å². The third-order valence-corrected chi connectivity index (χ3v) is 5.74. The lowest BCUT2D eigenvalue weighted by Crippen LogP contribution is -2.46. The Kier molecular flexibility index (Phi) is 9.38. The average molecular weight is 262 g/mol. The van der Waals surface area contributed by atoms with Gasteiger partial charge in [-0.05, 0) is 12.8 Å². The Morgan fingerprint density at radius 3 is 2.18 bits per heavy atom. The summed E-state index contributed by atoms with van der Waals surface area (Å²) in [6, 6.07) is 0.817. The molecule has 0 aliphatic rings. The predicted octanol–water partition coefficient (Wildman–Crippen LogP) is 1.52. The van der Waals surface area contributed by atoms with Gasteiger partial charge in [0.15, 0.2) is 0 Å². The maximum atomic E-state index is 5.43. The number of allylic oxidation sites excluding steroid dienone is 1. The normalized spacial score (nSPS) is 14.2. The molecule has 2 N–H and O–H groups in total. The van der Waals surface area contributed by atoms with Crippen LogP contribution in [0.2, 0.25) is 6.04 Å². The van der Waals surface area contributed by atoms with E-state index in [1.165, 1.54) is 0 Å². The second-order valence-corrected chi connectivity index (χ2v) is 6.80. The molecule has 0 aromatic carbocycles. The SMILES string of the molecule is CC=CNNCC(CC)C[Si](OC)(OC)OC. The fourth-order valence-corrected chi connectivity index (χ4v) is 3.70. The van der Waals surface area contributed by atoms with Gasteiger partial charge in [0.05, 0.1) is 0 Å². The molecule has 102 valence electrons. The van der Waals surface area contributed by atoms with Crippen molar-refractivity contribution >= 4 is 8.80 Å². The second kappa shape index (κ2) is 9.61. The molecular formula is C11H26N2O3Si. The van der Waals surface area contributed by atoms with Crippen LogP contribution in [-0.4, -0.2) is 36.7 Å². The van der Waals surface area contributed by atoms with Gasteiger partial charge in [0, 0.05) is 40.1 Å². The third kappa shape index (κ3) is 6.18. The summed E-state index contributed by atoms with van der Waals surface area (Å²) in [5.74, 6) is 0.458. The number of hydrogen-bond donors (Lipinski definition) is 2. The van der Waals surface area contributed by atoms with E-state index in [4.69, 9.17) is 13.3 Å². The molecule has 0 amide bonds. The zero-order valence-corrected chi connectivity index (χ0v) is 12.6. The molecule has 0 rings (SSSR count). The van der Waals surface area contributed by atoms with Gasteiger partial charge in [0.25, 0.3) is 0 Å². The molecule has 0 aromatic heterocycles. The summed E-state index contributed by atoms with van der Waals surface area (Å²) in [4.78, 5) is 0. The molecule has 5 nitrogen and oxygen atoms in total. The topological polar surface area (TPSA) is 51.8 Å². The Morgan fingerprint density at radius 2 is 1.76 bits per heavy atom. The molecule has 0 radical (unpaired) electrons. The van der Waals surface area contributed by atoms with Crippen LogP contribution in [0.15, 0.2) is 12.3 Å². The van der Waals surface area contributed by atoms with E-state index in [0.717, 1.165) is 19.0 Å². The Labute approximate surface area is 106 Å². The first kappa shape index (κ1) is 16.6. The lowest BCUT2D eigenvalue weighted by atomic mass is 10.1. The van der Waals surface area contributed by atoms with Crippen molar-refractivity contribution < 1.29 is 13.3 Å². The molecular weight excluding hydrogens is 236 g/mol. The van der Waals surface area contributed by atoms with Gasteiger partial charge < -0.3 is 18.7 Å². The summed E-state index contributed by atoms with van der Waals surface area (Å²) in [7, 11) is 2.49. The Bertz CT molecular complexity index is 203. The molecule has 0 fully saturated rings. The van der Waals surface area contributed by atoms with Gasteiger partial charge in [-0.1, -0.05) is 19.4 Å². The van der Waals surface area contributed by atoms with Gasteiger partial charge in [-0.15, -0.1) is 0 Å². The Balaban J connectivity index is 4.17. The molecule has 0 heterocycles. The molecule has 6 heteroatoms.